The molecule has 0 saturated carbocycles. The molecule has 0 aliphatic rings. The topological polar surface area (TPSA) is 116 Å². The van der Waals surface area contributed by atoms with E-state index < -0.39 is 28.5 Å². The van der Waals surface area contributed by atoms with Crippen LogP contribution in [0.4, 0.5) is 5.69 Å². The number of hydrogen-bond acceptors (Lipinski definition) is 5. The maximum absolute atomic E-state index is 12.2. The van der Waals surface area contributed by atoms with Gasteiger partial charge in [0, 0.05) is 0 Å². The fraction of sp³-hybridized carbons (Fsp3) is 0.125. The number of rotatable bonds is 5. The van der Waals surface area contributed by atoms with Gasteiger partial charge >= 0.3 is 5.97 Å². The highest BCUT2D eigenvalue weighted by atomic mass is 35.5. The number of carbonyl (C=O) groups is 2. The minimum Gasteiger partial charge on any atom is -0.452 e. The number of nitrogens with one attached hydrogen (secondary N) is 1. The summed E-state index contributed by atoms with van der Waals surface area (Å²) in [6, 6.07) is 6.47. The quantitative estimate of drug-likeness (QED) is 0.534. The number of primary sulfonamides is 1. The summed E-state index contributed by atoms with van der Waals surface area (Å²) in [5.41, 5.74) is 0.627. The molecule has 3 N–H and O–H groups in total. The van der Waals surface area contributed by atoms with E-state index in [0.717, 1.165) is 6.07 Å². The van der Waals surface area contributed by atoms with Crippen molar-refractivity contribution in [1.29, 1.82) is 0 Å². The van der Waals surface area contributed by atoms with E-state index in [1.54, 1.807) is 6.92 Å². The van der Waals surface area contributed by atoms with Crippen molar-refractivity contribution in [1.82, 2.24) is 0 Å². The molecule has 2 rings (SSSR count). The molecule has 1 amide bonds. The van der Waals surface area contributed by atoms with Gasteiger partial charge in [0.1, 0.15) is 0 Å². The van der Waals surface area contributed by atoms with Crippen molar-refractivity contribution in [3.8, 4) is 0 Å². The Balaban J connectivity index is 2.08. The molecule has 144 valence electrons. The van der Waals surface area contributed by atoms with E-state index in [0.29, 0.717) is 5.56 Å². The van der Waals surface area contributed by atoms with Crippen molar-refractivity contribution in [2.75, 3.05) is 11.9 Å². The Hall–Kier alpha value is -1.84. The summed E-state index contributed by atoms with van der Waals surface area (Å²) < 4.78 is 27.7. The van der Waals surface area contributed by atoms with Crippen LogP contribution in [0.5, 0.6) is 0 Å². The van der Waals surface area contributed by atoms with Crippen LogP contribution in [0.2, 0.25) is 15.1 Å². The van der Waals surface area contributed by atoms with Crippen LogP contribution in [0.25, 0.3) is 0 Å². The second-order valence-corrected chi connectivity index (χ2v) is 8.18. The lowest BCUT2D eigenvalue weighted by Crippen LogP contribution is -2.22. The van der Waals surface area contributed by atoms with Gasteiger partial charge in [0.15, 0.2) is 6.61 Å². The van der Waals surface area contributed by atoms with Crippen LogP contribution in [0.1, 0.15) is 15.9 Å². The zero-order valence-electron chi connectivity index (χ0n) is 13.8. The van der Waals surface area contributed by atoms with Gasteiger partial charge in [-0.2, -0.15) is 0 Å². The highest BCUT2D eigenvalue weighted by Gasteiger charge is 2.17. The Kier molecular flexibility index (Phi) is 6.72. The number of esters is 1. The zero-order valence-corrected chi connectivity index (χ0v) is 16.8. The molecular weight excluding hydrogens is 439 g/mol. The van der Waals surface area contributed by atoms with Crippen LogP contribution >= 0.6 is 34.8 Å². The van der Waals surface area contributed by atoms with Crippen molar-refractivity contribution in [3.05, 3.63) is 56.5 Å². The molecule has 0 heterocycles. The van der Waals surface area contributed by atoms with E-state index in [1.807, 2.05) is 0 Å². The van der Waals surface area contributed by atoms with E-state index in [-0.39, 0.29) is 31.2 Å². The van der Waals surface area contributed by atoms with Crippen LogP contribution in [-0.2, 0) is 19.6 Å². The average Bonchev–Trinajstić information content (AvgIpc) is 2.57. The number of benzene rings is 2. The molecular formula is C16H13Cl3N2O5S. The maximum atomic E-state index is 12.2. The molecule has 0 atom stereocenters. The highest BCUT2D eigenvalue weighted by Crippen LogP contribution is 2.32. The Morgan fingerprint density at radius 1 is 1.07 bits per heavy atom. The second-order valence-electron chi connectivity index (χ2n) is 5.39. The lowest BCUT2D eigenvalue weighted by Gasteiger charge is -2.10. The van der Waals surface area contributed by atoms with Crippen molar-refractivity contribution < 1.29 is 22.7 Å². The molecule has 0 aliphatic heterocycles. The summed E-state index contributed by atoms with van der Waals surface area (Å²) in [5.74, 6) is -1.56. The summed E-state index contributed by atoms with van der Waals surface area (Å²) in [4.78, 5) is 23.9. The summed E-state index contributed by atoms with van der Waals surface area (Å²) in [6.45, 7) is 0.952. The molecule has 0 saturated heterocycles. The van der Waals surface area contributed by atoms with Gasteiger partial charge in [-0.05, 0) is 36.8 Å². The Morgan fingerprint density at radius 3 is 2.33 bits per heavy atom. The lowest BCUT2D eigenvalue weighted by molar-refractivity contribution is -0.119. The fourth-order valence-corrected chi connectivity index (χ4v) is 3.15. The molecule has 7 nitrogen and oxygen atoms in total. The molecule has 0 aromatic heterocycles. The summed E-state index contributed by atoms with van der Waals surface area (Å²) >= 11 is 17.6. The molecule has 2 aromatic carbocycles. The van der Waals surface area contributed by atoms with Gasteiger partial charge in [0.25, 0.3) is 5.91 Å². The lowest BCUT2D eigenvalue weighted by atomic mass is 10.1. The SMILES string of the molecule is Cc1ccc(S(N)(=O)=O)cc1C(=O)OCC(=O)Nc1cc(Cl)c(Cl)cc1Cl. The standard InChI is InChI=1S/C16H13Cl3N2O5S/c1-8-2-3-9(27(20,24)25)4-10(8)16(23)26-7-15(22)21-14-6-12(18)11(17)5-13(14)19/h2-6H,7H2,1H3,(H,21,22)(H2,20,24,25). The fourth-order valence-electron chi connectivity index (χ4n) is 2.01. The molecule has 11 heteroatoms. The normalized spacial score (nSPS) is 11.1. The number of halogens is 3. The third kappa shape index (κ3) is 5.57. The third-order valence-electron chi connectivity index (χ3n) is 3.38. The van der Waals surface area contributed by atoms with Gasteiger partial charge in [-0.25, -0.2) is 18.4 Å². The number of carbonyl (C=O) groups excluding carboxylic acids is 2. The number of amides is 1. The average molecular weight is 452 g/mol. The second kappa shape index (κ2) is 8.45. The highest BCUT2D eigenvalue weighted by molar-refractivity contribution is 7.89. The Morgan fingerprint density at radius 2 is 1.70 bits per heavy atom. The van der Waals surface area contributed by atoms with Crippen molar-refractivity contribution in [2.45, 2.75) is 11.8 Å². The first-order valence-electron chi connectivity index (χ1n) is 7.24. The van der Waals surface area contributed by atoms with Gasteiger partial charge in [0.2, 0.25) is 10.0 Å². The molecule has 0 unspecified atom stereocenters. The third-order valence-corrected chi connectivity index (χ3v) is 5.32. The van der Waals surface area contributed by atoms with E-state index in [1.165, 1.54) is 24.3 Å². The number of ether oxygens (including phenoxy) is 1. The van der Waals surface area contributed by atoms with Crippen LogP contribution in [0, 0.1) is 6.92 Å². The first kappa shape index (κ1) is 21.5. The van der Waals surface area contributed by atoms with Gasteiger partial charge in [0.05, 0.1) is 31.2 Å². The smallest absolute Gasteiger partial charge is 0.338 e. The largest absolute Gasteiger partial charge is 0.452 e. The van der Waals surface area contributed by atoms with Crippen LogP contribution < -0.4 is 10.5 Å². The number of nitrogens with two attached hydrogens (primary N) is 1. The van der Waals surface area contributed by atoms with Crippen molar-refractivity contribution in [2.24, 2.45) is 5.14 Å². The number of aryl methyl sites for hydroxylation is 1. The first-order valence-corrected chi connectivity index (χ1v) is 9.92. The van der Waals surface area contributed by atoms with Gasteiger partial charge in [-0.3, -0.25) is 4.79 Å². The molecule has 2 aromatic rings. The van der Waals surface area contributed by atoms with E-state index >= 15 is 0 Å². The van der Waals surface area contributed by atoms with Gasteiger partial charge in [-0.1, -0.05) is 40.9 Å². The number of sulfonamides is 1. The summed E-state index contributed by atoms with van der Waals surface area (Å²) in [5, 5.41) is 8.03. The predicted octanol–water partition coefficient (Wildman–Crippen LogP) is 3.40. The van der Waals surface area contributed by atoms with Crippen LogP contribution in [-0.4, -0.2) is 26.9 Å². The Bertz CT molecular complexity index is 1020. The van der Waals surface area contributed by atoms with Crippen molar-refractivity contribution >= 4 is 62.4 Å². The minimum absolute atomic E-state index is 0.0260. The molecule has 0 radical (unpaired) electrons. The first-order chi connectivity index (χ1) is 12.5. The van der Waals surface area contributed by atoms with E-state index in [2.05, 4.69) is 5.32 Å². The summed E-state index contributed by atoms with van der Waals surface area (Å²) in [6.07, 6.45) is 0. The number of anilines is 1. The van der Waals surface area contributed by atoms with Crippen LogP contribution in [0.3, 0.4) is 0 Å². The Labute approximate surface area is 170 Å². The maximum Gasteiger partial charge on any atom is 0.338 e. The number of hydrogen-bond donors (Lipinski definition) is 2. The van der Waals surface area contributed by atoms with Crippen molar-refractivity contribution in [3.63, 3.8) is 0 Å². The molecule has 27 heavy (non-hydrogen) atoms. The van der Waals surface area contributed by atoms with Gasteiger partial charge < -0.3 is 10.1 Å². The predicted molar refractivity (Wildman–Crippen MR) is 103 cm³/mol. The monoisotopic (exact) mass is 450 g/mol. The molecule has 0 fully saturated rings. The molecule has 0 spiro atoms. The summed E-state index contributed by atoms with van der Waals surface area (Å²) in [7, 11) is -3.98. The van der Waals surface area contributed by atoms with E-state index in [4.69, 9.17) is 44.7 Å². The van der Waals surface area contributed by atoms with Crippen LogP contribution in [0.15, 0.2) is 35.2 Å². The minimum atomic E-state index is -3.98. The zero-order chi connectivity index (χ0) is 20.4. The van der Waals surface area contributed by atoms with Gasteiger partial charge in [-0.15, -0.1) is 0 Å². The molecule has 0 bridgehead atoms. The van der Waals surface area contributed by atoms with E-state index in [9.17, 15) is 18.0 Å². The molecule has 0 aliphatic carbocycles.